The van der Waals surface area contributed by atoms with Gasteiger partial charge < -0.3 is 5.73 Å². The van der Waals surface area contributed by atoms with E-state index in [4.69, 9.17) is 17.3 Å². The minimum absolute atomic E-state index is 0.0502. The lowest BCUT2D eigenvalue weighted by atomic mass is 10.0. The molecule has 0 aliphatic carbocycles. The second-order valence-corrected chi connectivity index (χ2v) is 6.55. The van der Waals surface area contributed by atoms with Gasteiger partial charge in [-0.25, -0.2) is 4.98 Å². The van der Waals surface area contributed by atoms with Crippen molar-refractivity contribution in [2.24, 2.45) is 5.73 Å². The molecule has 96 valence electrons. The Bertz CT molecular complexity index is 542. The van der Waals surface area contributed by atoms with Crippen LogP contribution in [0, 0.1) is 6.92 Å². The van der Waals surface area contributed by atoms with Gasteiger partial charge in [0, 0.05) is 33.0 Å². The topological polar surface area (TPSA) is 38.9 Å². The molecule has 1 aromatic carbocycles. The molecule has 18 heavy (non-hydrogen) atoms. The van der Waals surface area contributed by atoms with E-state index in [-0.39, 0.29) is 6.04 Å². The smallest absolute Gasteiger partial charge is 0.0943 e. The van der Waals surface area contributed by atoms with Gasteiger partial charge in [-0.3, -0.25) is 0 Å². The van der Waals surface area contributed by atoms with E-state index < -0.39 is 0 Å². The number of thiazole rings is 1. The van der Waals surface area contributed by atoms with Crippen LogP contribution in [0.2, 0.25) is 5.02 Å². The molecule has 1 atom stereocenters. The van der Waals surface area contributed by atoms with E-state index >= 15 is 0 Å². The van der Waals surface area contributed by atoms with Crippen molar-refractivity contribution in [1.82, 2.24) is 4.98 Å². The third kappa shape index (κ3) is 3.79. The zero-order valence-electron chi connectivity index (χ0n) is 9.99. The average Bonchev–Trinajstić information content (AvgIpc) is 2.68. The first-order valence-corrected chi connectivity index (χ1v) is 7.70. The van der Waals surface area contributed by atoms with Crippen molar-refractivity contribution < 1.29 is 0 Å². The molecule has 1 aromatic heterocycles. The molecular weight excluding hydrogens is 332 g/mol. The first-order valence-electron chi connectivity index (χ1n) is 5.65. The Kier molecular flexibility index (Phi) is 4.78. The van der Waals surface area contributed by atoms with Gasteiger partial charge in [0.25, 0.3) is 0 Å². The Balaban J connectivity index is 2.00. The molecule has 1 unspecified atom stereocenters. The highest BCUT2D eigenvalue weighted by Crippen LogP contribution is 2.23. The van der Waals surface area contributed by atoms with Crippen LogP contribution in [0.1, 0.15) is 16.3 Å². The van der Waals surface area contributed by atoms with Crippen LogP contribution in [0.25, 0.3) is 0 Å². The number of benzene rings is 1. The molecule has 0 saturated heterocycles. The molecule has 2 N–H and O–H groups in total. The van der Waals surface area contributed by atoms with E-state index in [1.807, 2.05) is 25.1 Å². The van der Waals surface area contributed by atoms with E-state index in [0.717, 1.165) is 38.6 Å². The number of nitrogens with two attached hydrogens (primary N) is 1. The quantitative estimate of drug-likeness (QED) is 0.910. The first-order chi connectivity index (χ1) is 8.54. The normalized spacial score (nSPS) is 12.7. The Morgan fingerprint density at radius 1 is 1.44 bits per heavy atom. The number of halogens is 2. The molecule has 2 aromatic rings. The molecule has 5 heteroatoms. The van der Waals surface area contributed by atoms with Crippen LogP contribution in [0.15, 0.2) is 28.1 Å². The van der Waals surface area contributed by atoms with Gasteiger partial charge in [-0.1, -0.05) is 33.6 Å². The summed E-state index contributed by atoms with van der Waals surface area (Å²) in [6.07, 6.45) is 1.57. The molecule has 0 saturated carbocycles. The van der Waals surface area contributed by atoms with E-state index in [0.29, 0.717) is 0 Å². The molecule has 0 aliphatic rings. The van der Waals surface area contributed by atoms with Crippen LogP contribution in [-0.2, 0) is 12.8 Å². The standard InChI is InChI=1S/C13H14BrClN2S/c1-8-7-18-13(17-8)6-11(16)4-9-2-3-10(14)5-12(9)15/h2-3,5,7,11H,4,6,16H2,1H3. The second-order valence-electron chi connectivity index (χ2n) is 4.29. The minimum Gasteiger partial charge on any atom is -0.327 e. The zero-order chi connectivity index (χ0) is 13.1. The lowest BCUT2D eigenvalue weighted by Crippen LogP contribution is -2.25. The maximum Gasteiger partial charge on any atom is 0.0943 e. The van der Waals surface area contributed by atoms with E-state index in [1.165, 1.54) is 0 Å². The third-order valence-electron chi connectivity index (χ3n) is 2.60. The van der Waals surface area contributed by atoms with Crippen LogP contribution < -0.4 is 5.73 Å². The monoisotopic (exact) mass is 344 g/mol. The van der Waals surface area contributed by atoms with Crippen molar-refractivity contribution in [1.29, 1.82) is 0 Å². The van der Waals surface area contributed by atoms with E-state index in [2.05, 4.69) is 26.3 Å². The van der Waals surface area contributed by atoms with Gasteiger partial charge in [0.05, 0.1) is 5.01 Å². The summed E-state index contributed by atoms with van der Waals surface area (Å²) in [7, 11) is 0. The largest absolute Gasteiger partial charge is 0.327 e. The van der Waals surface area contributed by atoms with Crippen LogP contribution in [-0.4, -0.2) is 11.0 Å². The summed E-state index contributed by atoms with van der Waals surface area (Å²) in [4.78, 5) is 4.43. The second kappa shape index (κ2) is 6.15. The van der Waals surface area contributed by atoms with Gasteiger partial charge in [0.2, 0.25) is 0 Å². The van der Waals surface area contributed by atoms with Crippen molar-refractivity contribution in [2.45, 2.75) is 25.8 Å². The maximum absolute atomic E-state index is 6.18. The highest BCUT2D eigenvalue weighted by atomic mass is 79.9. The zero-order valence-corrected chi connectivity index (χ0v) is 13.1. The SMILES string of the molecule is Cc1csc(CC(N)Cc2ccc(Br)cc2Cl)n1. The predicted octanol–water partition coefficient (Wildman–Crippen LogP) is 3.98. The summed E-state index contributed by atoms with van der Waals surface area (Å²) in [5.41, 5.74) is 8.29. The van der Waals surface area contributed by atoms with E-state index in [9.17, 15) is 0 Å². The lowest BCUT2D eigenvalue weighted by molar-refractivity contribution is 0.661. The van der Waals surface area contributed by atoms with Gasteiger partial charge in [0.1, 0.15) is 0 Å². The van der Waals surface area contributed by atoms with Gasteiger partial charge in [-0.05, 0) is 31.0 Å². The summed E-state index contributed by atoms with van der Waals surface area (Å²) < 4.78 is 0.986. The Hall–Kier alpha value is -0.420. The molecule has 0 amide bonds. The maximum atomic E-state index is 6.18. The Morgan fingerprint density at radius 3 is 2.83 bits per heavy atom. The van der Waals surface area contributed by atoms with E-state index in [1.54, 1.807) is 11.3 Å². The fraction of sp³-hybridized carbons (Fsp3) is 0.308. The molecule has 0 spiro atoms. The molecule has 0 bridgehead atoms. The lowest BCUT2D eigenvalue weighted by Gasteiger charge is -2.11. The number of nitrogens with zero attached hydrogens (tertiary/aromatic N) is 1. The van der Waals surface area contributed by atoms with Crippen LogP contribution in [0.3, 0.4) is 0 Å². The third-order valence-corrected chi connectivity index (χ3v) is 4.43. The molecular formula is C13H14BrClN2S. The molecule has 0 aliphatic heterocycles. The number of aryl methyl sites for hydroxylation is 1. The number of hydrogen-bond donors (Lipinski definition) is 1. The van der Waals surface area contributed by atoms with Crippen LogP contribution >= 0.6 is 38.9 Å². The Morgan fingerprint density at radius 2 is 2.22 bits per heavy atom. The van der Waals surface area contributed by atoms with Crippen LogP contribution in [0.5, 0.6) is 0 Å². The fourth-order valence-corrected chi connectivity index (χ4v) is 3.38. The molecule has 0 fully saturated rings. The number of rotatable bonds is 4. The predicted molar refractivity (Wildman–Crippen MR) is 81.4 cm³/mol. The van der Waals surface area contributed by atoms with Crippen molar-refractivity contribution in [3.05, 3.63) is 49.3 Å². The molecule has 0 radical (unpaired) electrons. The van der Waals surface area contributed by atoms with Crippen molar-refractivity contribution >= 4 is 38.9 Å². The van der Waals surface area contributed by atoms with Gasteiger partial charge in [0.15, 0.2) is 0 Å². The molecule has 2 nitrogen and oxygen atoms in total. The number of aromatic nitrogens is 1. The van der Waals surface area contributed by atoms with Crippen molar-refractivity contribution in [2.75, 3.05) is 0 Å². The average molecular weight is 346 g/mol. The number of hydrogen-bond acceptors (Lipinski definition) is 3. The summed E-state index contributed by atoms with van der Waals surface area (Å²) >= 11 is 11.2. The van der Waals surface area contributed by atoms with Gasteiger partial charge in [-0.2, -0.15) is 0 Å². The van der Waals surface area contributed by atoms with Crippen LogP contribution in [0.4, 0.5) is 0 Å². The molecule has 1 heterocycles. The summed E-state index contributed by atoms with van der Waals surface area (Å²) in [6.45, 7) is 2.00. The minimum atomic E-state index is 0.0502. The highest BCUT2D eigenvalue weighted by molar-refractivity contribution is 9.10. The van der Waals surface area contributed by atoms with Crippen molar-refractivity contribution in [3.63, 3.8) is 0 Å². The highest BCUT2D eigenvalue weighted by Gasteiger charge is 2.10. The van der Waals surface area contributed by atoms with Crippen molar-refractivity contribution in [3.8, 4) is 0 Å². The summed E-state index contributed by atoms with van der Waals surface area (Å²) in [5.74, 6) is 0. The fourth-order valence-electron chi connectivity index (χ4n) is 1.76. The van der Waals surface area contributed by atoms with Gasteiger partial charge >= 0.3 is 0 Å². The molecule has 2 rings (SSSR count). The van der Waals surface area contributed by atoms with Gasteiger partial charge in [-0.15, -0.1) is 11.3 Å². The summed E-state index contributed by atoms with van der Waals surface area (Å²) in [5, 5.41) is 3.90. The first kappa shape index (κ1) is 14.0. The Labute approximate surface area is 124 Å². The summed E-state index contributed by atoms with van der Waals surface area (Å²) in [6, 6.07) is 5.95.